The van der Waals surface area contributed by atoms with Gasteiger partial charge in [-0.15, -0.1) is 0 Å². The molecule has 0 radical (unpaired) electrons. The Balaban J connectivity index is 1.41. The Morgan fingerprint density at radius 1 is 1.21 bits per heavy atom. The Kier molecular flexibility index (Phi) is 4.37. The van der Waals surface area contributed by atoms with Crippen LogP contribution in [0, 0.1) is 0 Å². The minimum absolute atomic E-state index is 0.474. The van der Waals surface area contributed by atoms with Gasteiger partial charge in [0.2, 0.25) is 0 Å². The zero-order chi connectivity index (χ0) is 16.5. The molecule has 1 atom stereocenters. The Labute approximate surface area is 147 Å². The van der Waals surface area contributed by atoms with Crippen molar-refractivity contribution in [1.29, 1.82) is 0 Å². The van der Waals surface area contributed by atoms with Crippen LogP contribution < -0.4 is 4.90 Å². The highest BCUT2D eigenvalue weighted by atomic mass is 35.5. The molecule has 0 N–H and O–H groups in total. The van der Waals surface area contributed by atoms with Gasteiger partial charge in [-0.05, 0) is 31.4 Å². The third-order valence-electron chi connectivity index (χ3n) is 4.99. The molecule has 2 fully saturated rings. The van der Waals surface area contributed by atoms with E-state index in [1.54, 1.807) is 6.20 Å². The summed E-state index contributed by atoms with van der Waals surface area (Å²) in [6.07, 6.45) is 7.23. The van der Waals surface area contributed by atoms with E-state index in [9.17, 15) is 0 Å². The van der Waals surface area contributed by atoms with Crippen LogP contribution in [-0.4, -0.2) is 46.0 Å². The first-order valence-corrected chi connectivity index (χ1v) is 8.96. The van der Waals surface area contributed by atoms with E-state index in [2.05, 4.69) is 32.9 Å². The molecule has 126 valence electrons. The summed E-state index contributed by atoms with van der Waals surface area (Å²) in [5.41, 5.74) is 1.10. The van der Waals surface area contributed by atoms with Crippen LogP contribution in [0.5, 0.6) is 0 Å². The molecule has 1 aliphatic carbocycles. The molecule has 0 bridgehead atoms. The van der Waals surface area contributed by atoms with Gasteiger partial charge in [-0.3, -0.25) is 4.90 Å². The molecule has 1 unspecified atom stereocenters. The van der Waals surface area contributed by atoms with Gasteiger partial charge in [-0.2, -0.15) is 0 Å². The molecule has 0 aromatic carbocycles. The number of halogens is 1. The molecule has 2 aromatic heterocycles. The van der Waals surface area contributed by atoms with Gasteiger partial charge in [0.15, 0.2) is 0 Å². The maximum Gasteiger partial charge on any atom is 0.133 e. The van der Waals surface area contributed by atoms with Crippen molar-refractivity contribution in [3.05, 3.63) is 47.1 Å². The van der Waals surface area contributed by atoms with E-state index >= 15 is 0 Å². The van der Waals surface area contributed by atoms with E-state index in [0.717, 1.165) is 43.3 Å². The van der Waals surface area contributed by atoms with Gasteiger partial charge in [0, 0.05) is 56.6 Å². The Morgan fingerprint density at radius 2 is 2.08 bits per heavy atom. The van der Waals surface area contributed by atoms with E-state index in [1.165, 1.54) is 12.8 Å². The highest BCUT2D eigenvalue weighted by molar-refractivity contribution is 6.30. The average molecular weight is 344 g/mol. The lowest BCUT2D eigenvalue weighted by Crippen LogP contribution is -2.35. The van der Waals surface area contributed by atoms with Crippen LogP contribution in [0.3, 0.4) is 0 Å². The molecule has 5 nitrogen and oxygen atoms in total. The fraction of sp³-hybridized carbons (Fsp3) is 0.500. The van der Waals surface area contributed by atoms with Gasteiger partial charge >= 0.3 is 0 Å². The van der Waals surface area contributed by atoms with Crippen molar-refractivity contribution in [3.8, 4) is 0 Å². The van der Waals surface area contributed by atoms with Crippen molar-refractivity contribution in [2.75, 3.05) is 25.0 Å². The van der Waals surface area contributed by atoms with Crippen molar-refractivity contribution >= 4 is 17.4 Å². The molecule has 3 heterocycles. The van der Waals surface area contributed by atoms with Crippen LogP contribution >= 0.6 is 11.6 Å². The van der Waals surface area contributed by atoms with Gasteiger partial charge in [0.05, 0.1) is 0 Å². The molecule has 0 spiro atoms. The van der Waals surface area contributed by atoms with Crippen LogP contribution in [0.15, 0.2) is 30.6 Å². The molecule has 24 heavy (non-hydrogen) atoms. The lowest BCUT2D eigenvalue weighted by molar-refractivity contribution is 0.325. The van der Waals surface area contributed by atoms with Crippen LogP contribution in [-0.2, 0) is 6.54 Å². The van der Waals surface area contributed by atoms with Crippen molar-refractivity contribution in [1.82, 2.24) is 19.9 Å². The first-order chi connectivity index (χ1) is 11.7. The van der Waals surface area contributed by atoms with E-state index < -0.39 is 0 Å². The predicted octanol–water partition coefficient (Wildman–Crippen LogP) is 3.11. The summed E-state index contributed by atoms with van der Waals surface area (Å²) in [5.74, 6) is 2.64. The molecule has 1 aliphatic heterocycles. The molecule has 1 saturated heterocycles. The normalized spacial score (nSPS) is 21.2. The van der Waals surface area contributed by atoms with Gasteiger partial charge in [-0.25, -0.2) is 15.0 Å². The smallest absolute Gasteiger partial charge is 0.133 e. The summed E-state index contributed by atoms with van der Waals surface area (Å²) in [6, 6.07) is 6.49. The second-order valence-electron chi connectivity index (χ2n) is 6.79. The van der Waals surface area contributed by atoms with E-state index in [4.69, 9.17) is 16.6 Å². The van der Waals surface area contributed by atoms with Crippen LogP contribution in [0.1, 0.15) is 36.6 Å². The van der Waals surface area contributed by atoms with Crippen molar-refractivity contribution in [2.24, 2.45) is 0 Å². The zero-order valence-corrected chi connectivity index (χ0v) is 14.7. The molecule has 0 amide bonds. The zero-order valence-electron chi connectivity index (χ0n) is 13.9. The lowest BCUT2D eigenvalue weighted by Gasteiger charge is -2.26. The third kappa shape index (κ3) is 3.37. The number of aromatic nitrogens is 3. The minimum atomic E-state index is 0.474. The maximum absolute atomic E-state index is 6.19. The highest BCUT2D eigenvalue weighted by Crippen LogP contribution is 2.38. The number of likely N-dealkylation sites (N-methyl/N-ethyl adjacent to an activating group) is 1. The van der Waals surface area contributed by atoms with Gasteiger partial charge in [0.1, 0.15) is 16.8 Å². The quantitative estimate of drug-likeness (QED) is 0.780. The van der Waals surface area contributed by atoms with Gasteiger partial charge < -0.3 is 4.90 Å². The molecule has 2 aromatic rings. The lowest BCUT2D eigenvalue weighted by atomic mass is 10.2. The standard InChI is InChI=1S/C18H22ClN5/c1-23(16-6-9-21-18(22-16)13-4-5-13)15-7-10-24(12-15)11-14-3-2-8-20-17(14)19/h2-3,6,8-9,13,15H,4-5,7,10-12H2,1H3. The maximum atomic E-state index is 6.19. The SMILES string of the molecule is CN(c1ccnc(C2CC2)n1)C1CCN(Cc2cccnc2Cl)C1. The second-order valence-corrected chi connectivity index (χ2v) is 7.15. The molecular formula is C18H22ClN5. The number of hydrogen-bond donors (Lipinski definition) is 0. The van der Waals surface area contributed by atoms with Crippen molar-refractivity contribution in [2.45, 2.75) is 37.8 Å². The fourth-order valence-electron chi connectivity index (χ4n) is 3.34. The summed E-state index contributed by atoms with van der Waals surface area (Å²) >= 11 is 6.19. The van der Waals surface area contributed by atoms with Crippen LogP contribution in [0.2, 0.25) is 5.15 Å². The first kappa shape index (κ1) is 15.8. The topological polar surface area (TPSA) is 45.2 Å². The number of likely N-dealkylation sites (tertiary alicyclic amines) is 1. The predicted molar refractivity (Wildman–Crippen MR) is 95.3 cm³/mol. The Morgan fingerprint density at radius 3 is 2.88 bits per heavy atom. The monoisotopic (exact) mass is 343 g/mol. The van der Waals surface area contributed by atoms with Gasteiger partial charge in [0.25, 0.3) is 0 Å². The fourth-order valence-corrected chi connectivity index (χ4v) is 3.51. The second kappa shape index (κ2) is 6.65. The third-order valence-corrected chi connectivity index (χ3v) is 5.33. The number of nitrogens with zero attached hydrogens (tertiary/aromatic N) is 5. The average Bonchev–Trinajstić information content (AvgIpc) is 3.36. The van der Waals surface area contributed by atoms with Crippen LogP contribution in [0.4, 0.5) is 5.82 Å². The van der Waals surface area contributed by atoms with E-state index in [0.29, 0.717) is 17.1 Å². The largest absolute Gasteiger partial charge is 0.355 e. The summed E-state index contributed by atoms with van der Waals surface area (Å²) in [5, 5.41) is 0.610. The molecular weight excluding hydrogens is 322 g/mol. The van der Waals surface area contributed by atoms with E-state index in [-0.39, 0.29) is 0 Å². The number of pyridine rings is 1. The molecule has 6 heteroatoms. The van der Waals surface area contributed by atoms with Gasteiger partial charge in [-0.1, -0.05) is 17.7 Å². The number of hydrogen-bond acceptors (Lipinski definition) is 5. The minimum Gasteiger partial charge on any atom is -0.355 e. The van der Waals surface area contributed by atoms with E-state index in [1.807, 2.05) is 18.3 Å². The summed E-state index contributed by atoms with van der Waals surface area (Å²) in [4.78, 5) is 18.1. The summed E-state index contributed by atoms with van der Waals surface area (Å²) in [7, 11) is 2.14. The Bertz CT molecular complexity index is 718. The molecule has 2 aliphatic rings. The number of anilines is 1. The van der Waals surface area contributed by atoms with Crippen molar-refractivity contribution < 1.29 is 0 Å². The number of rotatable bonds is 5. The van der Waals surface area contributed by atoms with Crippen molar-refractivity contribution in [3.63, 3.8) is 0 Å². The first-order valence-electron chi connectivity index (χ1n) is 8.58. The van der Waals surface area contributed by atoms with Crippen LogP contribution in [0.25, 0.3) is 0 Å². The Hall–Kier alpha value is -1.72. The highest BCUT2D eigenvalue weighted by Gasteiger charge is 2.29. The summed E-state index contributed by atoms with van der Waals surface area (Å²) in [6.45, 7) is 2.94. The molecule has 1 saturated carbocycles. The molecule has 4 rings (SSSR count). The summed E-state index contributed by atoms with van der Waals surface area (Å²) < 4.78 is 0.